The fraction of sp³-hybridized carbons (Fsp3) is 0.533. The van der Waals surface area contributed by atoms with E-state index in [1.165, 1.54) is 5.56 Å². The summed E-state index contributed by atoms with van der Waals surface area (Å²) in [7, 11) is 1.68. The number of hydrogen-bond acceptors (Lipinski definition) is 3. The molecule has 0 radical (unpaired) electrons. The van der Waals surface area contributed by atoms with Gasteiger partial charge in [-0.3, -0.25) is 4.79 Å². The molecule has 0 fully saturated rings. The third kappa shape index (κ3) is 6.94. The maximum atomic E-state index is 11.9. The van der Waals surface area contributed by atoms with E-state index in [-0.39, 0.29) is 11.8 Å². The van der Waals surface area contributed by atoms with Crippen molar-refractivity contribution < 1.29 is 9.53 Å². The lowest BCUT2D eigenvalue weighted by atomic mass is 10.0. The fourth-order valence-electron chi connectivity index (χ4n) is 1.81. The Bertz CT molecular complexity index is 354. The van der Waals surface area contributed by atoms with Gasteiger partial charge in [0.05, 0.1) is 6.61 Å². The molecule has 0 aliphatic carbocycles. The number of hydrogen-bond donors (Lipinski definition) is 2. The molecule has 1 aromatic rings. The lowest BCUT2D eigenvalue weighted by Crippen LogP contribution is -2.36. The number of benzene rings is 1. The summed E-state index contributed by atoms with van der Waals surface area (Å²) in [4.78, 5) is 11.9. The first kappa shape index (κ1) is 15.7. The fourth-order valence-corrected chi connectivity index (χ4v) is 1.81. The minimum Gasteiger partial charge on any atom is -0.383 e. The van der Waals surface area contributed by atoms with Crippen molar-refractivity contribution in [2.24, 2.45) is 5.92 Å². The molecule has 19 heavy (non-hydrogen) atoms. The maximum Gasteiger partial charge on any atom is 0.223 e. The predicted molar refractivity (Wildman–Crippen MR) is 77.1 cm³/mol. The lowest BCUT2D eigenvalue weighted by Gasteiger charge is -2.12. The van der Waals surface area contributed by atoms with Crippen molar-refractivity contribution in [3.8, 4) is 0 Å². The summed E-state index contributed by atoms with van der Waals surface area (Å²) in [6.07, 6.45) is 0.782. The first-order chi connectivity index (χ1) is 9.24. The number of amides is 1. The number of carbonyl (C=O) groups excluding carboxylic acids is 1. The number of carbonyl (C=O) groups is 1. The van der Waals surface area contributed by atoms with E-state index in [9.17, 15) is 4.79 Å². The van der Waals surface area contributed by atoms with Gasteiger partial charge in [0.1, 0.15) is 0 Å². The van der Waals surface area contributed by atoms with Crippen LogP contribution in [0.1, 0.15) is 12.5 Å². The van der Waals surface area contributed by atoms with Crippen LogP contribution in [0.3, 0.4) is 0 Å². The highest BCUT2D eigenvalue weighted by Gasteiger charge is 2.12. The first-order valence-corrected chi connectivity index (χ1v) is 6.75. The van der Waals surface area contributed by atoms with Gasteiger partial charge in [0.25, 0.3) is 0 Å². The van der Waals surface area contributed by atoms with Gasteiger partial charge >= 0.3 is 0 Å². The van der Waals surface area contributed by atoms with Crippen molar-refractivity contribution in [2.75, 3.05) is 33.4 Å². The van der Waals surface area contributed by atoms with Crippen LogP contribution in [0, 0.1) is 5.92 Å². The van der Waals surface area contributed by atoms with Crippen LogP contribution in [0.5, 0.6) is 0 Å². The Morgan fingerprint density at radius 2 is 1.95 bits per heavy atom. The van der Waals surface area contributed by atoms with Gasteiger partial charge in [0, 0.05) is 32.7 Å². The summed E-state index contributed by atoms with van der Waals surface area (Å²) >= 11 is 0. The van der Waals surface area contributed by atoms with E-state index < -0.39 is 0 Å². The minimum absolute atomic E-state index is 0.00127. The van der Waals surface area contributed by atoms with E-state index in [2.05, 4.69) is 22.8 Å². The SMILES string of the molecule is COCCNCCNC(=O)[C@H](C)Cc1ccccc1. The molecule has 0 aromatic heterocycles. The van der Waals surface area contributed by atoms with Crippen molar-refractivity contribution in [3.63, 3.8) is 0 Å². The van der Waals surface area contributed by atoms with Gasteiger partial charge in [-0.2, -0.15) is 0 Å². The summed E-state index contributed by atoms with van der Waals surface area (Å²) in [5.41, 5.74) is 1.20. The Hall–Kier alpha value is -1.39. The van der Waals surface area contributed by atoms with Crippen LogP contribution >= 0.6 is 0 Å². The predicted octanol–water partition coefficient (Wildman–Crippen LogP) is 1.22. The van der Waals surface area contributed by atoms with Gasteiger partial charge in [-0.1, -0.05) is 37.3 Å². The second kappa shape index (κ2) is 9.53. The van der Waals surface area contributed by atoms with E-state index in [1.807, 2.05) is 25.1 Å². The summed E-state index contributed by atoms with van der Waals surface area (Å²) in [6.45, 7) is 4.89. The Balaban J connectivity index is 2.15. The van der Waals surface area contributed by atoms with Gasteiger partial charge in [0.15, 0.2) is 0 Å². The van der Waals surface area contributed by atoms with Gasteiger partial charge in [0.2, 0.25) is 5.91 Å². The van der Waals surface area contributed by atoms with Crippen LogP contribution in [0.4, 0.5) is 0 Å². The molecule has 1 amide bonds. The van der Waals surface area contributed by atoms with Crippen molar-refractivity contribution in [2.45, 2.75) is 13.3 Å². The van der Waals surface area contributed by atoms with E-state index in [1.54, 1.807) is 7.11 Å². The van der Waals surface area contributed by atoms with Crippen molar-refractivity contribution in [1.82, 2.24) is 10.6 Å². The van der Waals surface area contributed by atoms with E-state index in [0.29, 0.717) is 13.2 Å². The number of ether oxygens (including phenoxy) is 1. The molecular formula is C15H24N2O2. The molecule has 0 aliphatic rings. The van der Waals surface area contributed by atoms with Crippen LogP contribution in [0.25, 0.3) is 0 Å². The highest BCUT2D eigenvalue weighted by atomic mass is 16.5. The van der Waals surface area contributed by atoms with Crippen LogP contribution < -0.4 is 10.6 Å². The first-order valence-electron chi connectivity index (χ1n) is 6.75. The van der Waals surface area contributed by atoms with Gasteiger partial charge in [-0.25, -0.2) is 0 Å². The summed E-state index contributed by atoms with van der Waals surface area (Å²) in [5.74, 6) is 0.110. The van der Waals surface area contributed by atoms with Crippen LogP contribution in [0.2, 0.25) is 0 Å². The molecule has 2 N–H and O–H groups in total. The number of nitrogens with one attached hydrogen (secondary N) is 2. The molecular weight excluding hydrogens is 240 g/mol. The molecule has 0 unspecified atom stereocenters. The van der Waals surface area contributed by atoms with Crippen LogP contribution in [-0.4, -0.2) is 39.3 Å². The third-order valence-corrected chi connectivity index (χ3v) is 2.92. The molecule has 4 nitrogen and oxygen atoms in total. The van der Waals surface area contributed by atoms with Crippen molar-refractivity contribution in [1.29, 1.82) is 0 Å². The second-order valence-corrected chi connectivity index (χ2v) is 4.62. The summed E-state index contributed by atoms with van der Waals surface area (Å²) in [6, 6.07) is 10.1. The molecule has 0 saturated carbocycles. The molecule has 1 atom stereocenters. The largest absolute Gasteiger partial charge is 0.383 e. The van der Waals surface area contributed by atoms with Gasteiger partial charge < -0.3 is 15.4 Å². The average molecular weight is 264 g/mol. The normalized spacial score (nSPS) is 12.1. The molecule has 0 saturated heterocycles. The van der Waals surface area contributed by atoms with E-state index in [4.69, 9.17) is 4.74 Å². The minimum atomic E-state index is 0.00127. The molecule has 106 valence electrons. The zero-order valence-electron chi connectivity index (χ0n) is 11.8. The molecule has 4 heteroatoms. The quantitative estimate of drug-likeness (QED) is 0.659. The summed E-state index contributed by atoms with van der Waals surface area (Å²) in [5, 5.41) is 6.13. The van der Waals surface area contributed by atoms with Crippen LogP contribution in [-0.2, 0) is 16.0 Å². The van der Waals surface area contributed by atoms with Gasteiger partial charge in [-0.05, 0) is 12.0 Å². The van der Waals surface area contributed by atoms with E-state index >= 15 is 0 Å². The topological polar surface area (TPSA) is 50.4 Å². The highest BCUT2D eigenvalue weighted by molar-refractivity contribution is 5.78. The summed E-state index contributed by atoms with van der Waals surface area (Å²) < 4.78 is 4.92. The zero-order valence-corrected chi connectivity index (χ0v) is 11.8. The lowest BCUT2D eigenvalue weighted by molar-refractivity contribution is -0.124. The Morgan fingerprint density at radius 3 is 2.63 bits per heavy atom. The standard InChI is InChI=1S/C15H24N2O2/c1-13(12-14-6-4-3-5-7-14)15(18)17-9-8-16-10-11-19-2/h3-7,13,16H,8-12H2,1-2H3,(H,17,18)/t13-/m1/s1. The number of methoxy groups -OCH3 is 1. The smallest absolute Gasteiger partial charge is 0.223 e. The second-order valence-electron chi connectivity index (χ2n) is 4.62. The maximum absolute atomic E-state index is 11.9. The van der Waals surface area contributed by atoms with Gasteiger partial charge in [-0.15, -0.1) is 0 Å². The molecule has 0 spiro atoms. The molecule has 0 aliphatic heterocycles. The molecule has 0 bridgehead atoms. The Kier molecular flexibility index (Phi) is 7.86. The monoisotopic (exact) mass is 264 g/mol. The van der Waals surface area contributed by atoms with Crippen molar-refractivity contribution >= 4 is 5.91 Å². The zero-order chi connectivity index (χ0) is 13.9. The molecule has 0 heterocycles. The van der Waals surface area contributed by atoms with E-state index in [0.717, 1.165) is 19.5 Å². The van der Waals surface area contributed by atoms with Crippen LogP contribution in [0.15, 0.2) is 30.3 Å². The average Bonchev–Trinajstić information content (AvgIpc) is 2.43. The highest BCUT2D eigenvalue weighted by Crippen LogP contribution is 2.07. The third-order valence-electron chi connectivity index (χ3n) is 2.92. The van der Waals surface area contributed by atoms with Crippen molar-refractivity contribution in [3.05, 3.63) is 35.9 Å². The Labute approximate surface area is 115 Å². The number of rotatable bonds is 9. The molecule has 1 aromatic carbocycles. The Morgan fingerprint density at radius 1 is 1.21 bits per heavy atom. The molecule has 1 rings (SSSR count).